The number of pyridine rings is 1. The molecule has 1 saturated heterocycles. The first-order chi connectivity index (χ1) is 18.9. The molecule has 39 heavy (non-hydrogen) atoms. The number of hydrogen-bond donors (Lipinski definition) is 0. The Balaban J connectivity index is 0.000000237. The highest BCUT2D eigenvalue weighted by Crippen LogP contribution is 2.35. The smallest absolute Gasteiger partial charge is 0.213 e. The Kier molecular flexibility index (Phi) is 7.96. The van der Waals surface area contributed by atoms with Crippen LogP contribution in [-0.2, 0) is 16.7 Å². The maximum absolute atomic E-state index is 10.4. The molecule has 0 bridgehead atoms. The Morgan fingerprint density at radius 2 is 1.28 bits per heavy atom. The van der Waals surface area contributed by atoms with Crippen molar-refractivity contribution in [2.24, 2.45) is 0 Å². The van der Waals surface area contributed by atoms with Gasteiger partial charge in [0.05, 0.1) is 15.7 Å². The molecule has 1 aliphatic rings. The second kappa shape index (κ2) is 11.6. The van der Waals surface area contributed by atoms with Crippen molar-refractivity contribution in [2.45, 2.75) is 44.6 Å². The Hall–Kier alpha value is -3.74. The predicted octanol–water partition coefficient (Wildman–Crippen LogP) is 6.86. The molecular formula is C33H34N2O3S. The summed E-state index contributed by atoms with van der Waals surface area (Å²) in [4.78, 5) is 2.35. The van der Waals surface area contributed by atoms with Gasteiger partial charge in [-0.15, -0.1) is 0 Å². The van der Waals surface area contributed by atoms with Gasteiger partial charge in [-0.2, -0.15) is 4.57 Å². The highest BCUT2D eigenvalue weighted by atomic mass is 32.2. The summed E-state index contributed by atoms with van der Waals surface area (Å²) in [7, 11) is -4.27. The van der Waals surface area contributed by atoms with E-state index in [1.807, 2.05) is 6.92 Å². The van der Waals surface area contributed by atoms with Crippen molar-refractivity contribution in [3.63, 3.8) is 0 Å². The molecule has 0 aliphatic carbocycles. The summed E-state index contributed by atoms with van der Waals surface area (Å²) in [6.07, 6.45) is 3.99. The average molecular weight is 539 g/mol. The summed E-state index contributed by atoms with van der Waals surface area (Å²) in [5.41, 5.74) is 7.55. The summed E-state index contributed by atoms with van der Waals surface area (Å²) >= 11 is 0. The zero-order valence-electron chi connectivity index (χ0n) is 22.5. The van der Waals surface area contributed by atoms with Crippen molar-refractivity contribution >= 4 is 37.6 Å². The Morgan fingerprint density at radius 3 is 1.79 bits per heavy atom. The van der Waals surface area contributed by atoms with E-state index >= 15 is 0 Å². The van der Waals surface area contributed by atoms with E-state index < -0.39 is 10.1 Å². The quantitative estimate of drug-likeness (QED) is 0.143. The third kappa shape index (κ3) is 5.82. The Bertz CT molecular complexity index is 1630. The minimum atomic E-state index is -4.27. The zero-order chi connectivity index (χ0) is 27.4. The first kappa shape index (κ1) is 26.9. The number of hydrogen-bond acceptors (Lipinski definition) is 4. The van der Waals surface area contributed by atoms with Crippen molar-refractivity contribution in [3.05, 3.63) is 103 Å². The van der Waals surface area contributed by atoms with Gasteiger partial charge in [-0.3, -0.25) is 0 Å². The van der Waals surface area contributed by atoms with Gasteiger partial charge >= 0.3 is 0 Å². The van der Waals surface area contributed by atoms with E-state index in [-0.39, 0.29) is 4.90 Å². The van der Waals surface area contributed by atoms with Crippen molar-refractivity contribution < 1.29 is 17.5 Å². The second-order valence-electron chi connectivity index (χ2n) is 10.0. The highest BCUT2D eigenvalue weighted by molar-refractivity contribution is 7.85. The van der Waals surface area contributed by atoms with Gasteiger partial charge < -0.3 is 9.45 Å². The molecule has 2 heterocycles. The lowest BCUT2D eigenvalue weighted by molar-refractivity contribution is -0.641. The Labute approximate surface area is 231 Å². The number of benzene rings is 4. The minimum Gasteiger partial charge on any atom is -0.744 e. The Morgan fingerprint density at radius 1 is 0.744 bits per heavy atom. The molecule has 0 atom stereocenters. The van der Waals surface area contributed by atoms with Gasteiger partial charge in [0.2, 0.25) is 11.0 Å². The van der Waals surface area contributed by atoms with Gasteiger partial charge in [-0.1, -0.05) is 54.1 Å². The molecule has 0 N–H and O–H groups in total. The molecule has 0 amide bonds. The van der Waals surface area contributed by atoms with Gasteiger partial charge in [-0.05, 0) is 75.1 Å². The molecule has 1 aromatic heterocycles. The standard InChI is InChI=1S/C26H27N2.C7H8O3S/c1-2-28-24-12-6-4-10-22(24)26(23-11-5-7-13-25(23)28)20-14-16-21(17-15-20)27-18-8-3-9-19-27;1-6-2-4-7(5-3-6)11(8,9)10/h4-7,10-17H,2-3,8-9,18-19H2,1H3;2-5H,1H3,(H,8,9,10)/q+1;/p-1. The highest BCUT2D eigenvalue weighted by Gasteiger charge is 2.20. The van der Waals surface area contributed by atoms with E-state index in [4.69, 9.17) is 0 Å². The van der Waals surface area contributed by atoms with Crippen molar-refractivity contribution in [2.75, 3.05) is 18.0 Å². The molecular weight excluding hydrogens is 504 g/mol. The van der Waals surface area contributed by atoms with Crippen molar-refractivity contribution in [3.8, 4) is 11.1 Å². The molecule has 0 spiro atoms. The lowest BCUT2D eigenvalue weighted by Gasteiger charge is -2.29. The molecule has 5 aromatic rings. The van der Waals surface area contributed by atoms with E-state index in [2.05, 4.69) is 89.2 Å². The van der Waals surface area contributed by atoms with Crippen LogP contribution >= 0.6 is 0 Å². The van der Waals surface area contributed by atoms with Crippen LogP contribution in [0.5, 0.6) is 0 Å². The van der Waals surface area contributed by atoms with Gasteiger partial charge in [0.1, 0.15) is 16.7 Å². The van der Waals surface area contributed by atoms with E-state index in [1.165, 1.54) is 83.1 Å². The van der Waals surface area contributed by atoms with Crippen LogP contribution in [0.4, 0.5) is 5.69 Å². The summed E-state index contributed by atoms with van der Waals surface area (Å²) in [5, 5.41) is 2.66. The summed E-state index contributed by atoms with van der Waals surface area (Å²) in [6, 6.07) is 32.7. The summed E-state index contributed by atoms with van der Waals surface area (Å²) in [6.45, 7) is 7.39. The van der Waals surface area contributed by atoms with Crippen LogP contribution < -0.4 is 9.47 Å². The second-order valence-corrected chi connectivity index (χ2v) is 11.4. The van der Waals surface area contributed by atoms with Crippen LogP contribution in [0, 0.1) is 6.92 Å². The van der Waals surface area contributed by atoms with Crippen LogP contribution in [0.1, 0.15) is 31.7 Å². The SMILES string of the molecule is CC[n+]1c2ccccc2c(-c2ccc(N3CCCCC3)cc2)c2ccccc21.Cc1ccc(S(=O)(=O)[O-])cc1. The molecule has 5 nitrogen and oxygen atoms in total. The maximum Gasteiger partial charge on any atom is 0.213 e. The third-order valence-electron chi connectivity index (χ3n) is 7.43. The van der Waals surface area contributed by atoms with Crippen LogP contribution in [0.2, 0.25) is 0 Å². The molecule has 6 heteroatoms. The number of piperidine rings is 1. The van der Waals surface area contributed by atoms with Crippen molar-refractivity contribution in [1.29, 1.82) is 0 Å². The number of aromatic nitrogens is 1. The van der Waals surface area contributed by atoms with E-state index in [0.29, 0.717) is 0 Å². The fraction of sp³-hybridized carbons (Fsp3) is 0.242. The van der Waals surface area contributed by atoms with E-state index in [1.54, 1.807) is 12.1 Å². The number of rotatable bonds is 4. The van der Waals surface area contributed by atoms with Crippen molar-refractivity contribution in [1.82, 2.24) is 0 Å². The molecule has 0 unspecified atom stereocenters. The monoisotopic (exact) mass is 538 g/mol. The topological polar surface area (TPSA) is 64.3 Å². The average Bonchev–Trinajstić information content (AvgIpc) is 2.96. The van der Waals surface area contributed by atoms with Gasteiger partial charge in [-0.25, -0.2) is 8.42 Å². The van der Waals surface area contributed by atoms with Crippen LogP contribution in [0.25, 0.3) is 32.9 Å². The molecule has 0 radical (unpaired) electrons. The van der Waals surface area contributed by atoms with E-state index in [9.17, 15) is 13.0 Å². The molecule has 200 valence electrons. The zero-order valence-corrected chi connectivity index (χ0v) is 23.3. The maximum atomic E-state index is 10.4. The summed E-state index contributed by atoms with van der Waals surface area (Å²) in [5.74, 6) is 0. The van der Waals surface area contributed by atoms with Crippen LogP contribution in [0.3, 0.4) is 0 Å². The number of fused-ring (bicyclic) bond motifs is 2. The first-order valence-corrected chi connectivity index (χ1v) is 15.0. The largest absolute Gasteiger partial charge is 0.744 e. The fourth-order valence-electron chi connectivity index (χ4n) is 5.46. The molecule has 1 aliphatic heterocycles. The van der Waals surface area contributed by atoms with Gasteiger partial charge in [0.15, 0.2) is 0 Å². The van der Waals surface area contributed by atoms with Crippen LogP contribution in [0.15, 0.2) is 102 Å². The lowest BCUT2D eigenvalue weighted by atomic mass is 9.95. The summed E-state index contributed by atoms with van der Waals surface area (Å²) < 4.78 is 33.6. The molecule has 1 fully saturated rings. The number of nitrogens with zero attached hydrogens (tertiary/aromatic N) is 2. The lowest BCUT2D eigenvalue weighted by Crippen LogP contribution is -2.34. The fourth-order valence-corrected chi connectivity index (χ4v) is 5.93. The normalized spacial score (nSPS) is 13.8. The predicted molar refractivity (Wildman–Crippen MR) is 158 cm³/mol. The van der Waals surface area contributed by atoms with E-state index in [0.717, 1.165) is 12.1 Å². The van der Waals surface area contributed by atoms with Gasteiger partial charge in [0, 0.05) is 36.5 Å². The number of anilines is 1. The third-order valence-corrected chi connectivity index (χ3v) is 8.28. The molecule has 4 aromatic carbocycles. The minimum absolute atomic E-state index is 0.178. The number of para-hydroxylation sites is 2. The molecule has 6 rings (SSSR count). The van der Waals surface area contributed by atoms with Gasteiger partial charge in [0.25, 0.3) is 0 Å². The first-order valence-electron chi connectivity index (χ1n) is 13.6. The number of aryl methyl sites for hydroxylation is 2. The molecule has 0 saturated carbocycles. The van der Waals surface area contributed by atoms with Crippen LogP contribution in [-0.4, -0.2) is 26.1 Å².